The molecule has 0 spiro atoms. The number of hydrogen-bond donors (Lipinski definition) is 1. The number of rotatable bonds is 6. The highest BCUT2D eigenvalue weighted by Gasteiger charge is 2.12. The Morgan fingerprint density at radius 3 is 2.74 bits per heavy atom. The van der Waals surface area contributed by atoms with Crippen molar-refractivity contribution < 1.29 is 9.47 Å². The lowest BCUT2D eigenvalue weighted by molar-refractivity contribution is 0.181. The molecule has 1 aromatic heterocycles. The van der Waals surface area contributed by atoms with Crippen LogP contribution in [0.15, 0.2) is 24.3 Å². The lowest BCUT2D eigenvalue weighted by Crippen LogP contribution is -1.99. The van der Waals surface area contributed by atoms with Gasteiger partial charge in [-0.3, -0.25) is 0 Å². The molecule has 2 aromatic rings. The van der Waals surface area contributed by atoms with Crippen molar-refractivity contribution in [1.29, 1.82) is 0 Å². The standard InChI is InChI=1S/C14H18N2O2S/c1-17-9-11-13(8-15)19-14(16-11)7-10-5-3-4-6-12(10)18-2/h3-6H,7-9,15H2,1-2H3. The van der Waals surface area contributed by atoms with E-state index >= 15 is 0 Å². The Hall–Kier alpha value is -1.43. The molecule has 0 saturated carbocycles. The molecule has 2 N–H and O–H groups in total. The van der Waals surface area contributed by atoms with E-state index < -0.39 is 0 Å². The molecule has 1 aromatic carbocycles. The van der Waals surface area contributed by atoms with E-state index in [1.807, 2.05) is 18.2 Å². The van der Waals surface area contributed by atoms with Crippen molar-refractivity contribution in [1.82, 2.24) is 4.98 Å². The summed E-state index contributed by atoms with van der Waals surface area (Å²) >= 11 is 1.64. The van der Waals surface area contributed by atoms with E-state index in [1.165, 1.54) is 0 Å². The fraction of sp³-hybridized carbons (Fsp3) is 0.357. The Balaban J connectivity index is 2.23. The number of para-hydroxylation sites is 1. The Morgan fingerprint density at radius 2 is 2.05 bits per heavy atom. The van der Waals surface area contributed by atoms with Gasteiger partial charge in [0, 0.05) is 30.5 Å². The largest absolute Gasteiger partial charge is 0.496 e. The highest BCUT2D eigenvalue weighted by molar-refractivity contribution is 7.11. The average molecular weight is 278 g/mol. The average Bonchev–Trinajstić information content (AvgIpc) is 2.82. The quantitative estimate of drug-likeness (QED) is 0.881. The van der Waals surface area contributed by atoms with E-state index in [-0.39, 0.29) is 0 Å². The summed E-state index contributed by atoms with van der Waals surface area (Å²) < 4.78 is 10.5. The molecular weight excluding hydrogens is 260 g/mol. The minimum Gasteiger partial charge on any atom is -0.496 e. The van der Waals surface area contributed by atoms with Crippen molar-refractivity contribution in [3.05, 3.63) is 45.4 Å². The van der Waals surface area contributed by atoms with E-state index in [0.717, 1.165) is 33.3 Å². The van der Waals surface area contributed by atoms with Gasteiger partial charge in [0.25, 0.3) is 0 Å². The van der Waals surface area contributed by atoms with E-state index in [2.05, 4.69) is 11.1 Å². The molecule has 0 unspecified atom stereocenters. The van der Waals surface area contributed by atoms with Gasteiger partial charge in [-0.1, -0.05) is 18.2 Å². The Kier molecular flexibility index (Phi) is 4.90. The fourth-order valence-corrected chi connectivity index (χ4v) is 2.91. The van der Waals surface area contributed by atoms with Gasteiger partial charge >= 0.3 is 0 Å². The van der Waals surface area contributed by atoms with Gasteiger partial charge in [0.15, 0.2) is 0 Å². The first-order chi connectivity index (χ1) is 9.28. The number of hydrogen-bond acceptors (Lipinski definition) is 5. The minimum atomic E-state index is 0.502. The van der Waals surface area contributed by atoms with Gasteiger partial charge in [0.1, 0.15) is 5.75 Å². The number of benzene rings is 1. The third kappa shape index (κ3) is 3.32. The van der Waals surface area contributed by atoms with Crippen LogP contribution in [0.4, 0.5) is 0 Å². The van der Waals surface area contributed by atoms with Gasteiger partial charge in [0.2, 0.25) is 0 Å². The second kappa shape index (κ2) is 6.65. The van der Waals surface area contributed by atoms with Crippen LogP contribution in [-0.2, 0) is 24.3 Å². The molecule has 0 radical (unpaired) electrons. The van der Waals surface area contributed by atoms with Crippen LogP contribution >= 0.6 is 11.3 Å². The van der Waals surface area contributed by atoms with Crippen LogP contribution in [-0.4, -0.2) is 19.2 Å². The summed E-state index contributed by atoms with van der Waals surface area (Å²) in [7, 11) is 3.35. The van der Waals surface area contributed by atoms with E-state index in [1.54, 1.807) is 25.6 Å². The Bertz CT molecular complexity index is 540. The van der Waals surface area contributed by atoms with Crippen LogP contribution in [0, 0.1) is 0 Å². The molecule has 0 aliphatic carbocycles. The van der Waals surface area contributed by atoms with Crippen LogP contribution < -0.4 is 10.5 Å². The summed E-state index contributed by atoms with van der Waals surface area (Å²) in [5.41, 5.74) is 7.81. The Labute approximate surface area is 117 Å². The number of methoxy groups -OCH3 is 2. The van der Waals surface area contributed by atoms with Crippen molar-refractivity contribution >= 4 is 11.3 Å². The van der Waals surface area contributed by atoms with Gasteiger partial charge in [-0.15, -0.1) is 11.3 Å². The second-order valence-electron chi connectivity index (χ2n) is 4.10. The zero-order valence-electron chi connectivity index (χ0n) is 11.2. The summed E-state index contributed by atoms with van der Waals surface area (Å²) in [4.78, 5) is 5.69. The van der Waals surface area contributed by atoms with Crippen LogP contribution in [0.5, 0.6) is 5.75 Å². The third-order valence-electron chi connectivity index (χ3n) is 2.82. The predicted molar refractivity (Wildman–Crippen MR) is 76.5 cm³/mol. The molecule has 0 atom stereocenters. The predicted octanol–water partition coefficient (Wildman–Crippen LogP) is 2.35. The molecule has 4 nitrogen and oxygen atoms in total. The van der Waals surface area contributed by atoms with Gasteiger partial charge in [0.05, 0.1) is 24.4 Å². The van der Waals surface area contributed by atoms with Crippen LogP contribution in [0.1, 0.15) is 21.1 Å². The fourth-order valence-electron chi connectivity index (χ4n) is 1.93. The lowest BCUT2D eigenvalue weighted by atomic mass is 10.1. The molecule has 0 amide bonds. The number of ether oxygens (including phenoxy) is 2. The lowest BCUT2D eigenvalue weighted by Gasteiger charge is -2.05. The summed E-state index contributed by atoms with van der Waals surface area (Å²) in [6.45, 7) is 1.01. The highest BCUT2D eigenvalue weighted by Crippen LogP contribution is 2.25. The smallest absolute Gasteiger partial charge is 0.122 e. The SMILES string of the molecule is COCc1nc(Cc2ccccc2OC)sc1CN. The molecule has 0 aliphatic rings. The van der Waals surface area contributed by atoms with E-state index in [0.29, 0.717) is 13.2 Å². The van der Waals surface area contributed by atoms with Gasteiger partial charge in [-0.25, -0.2) is 4.98 Å². The van der Waals surface area contributed by atoms with Gasteiger partial charge in [-0.2, -0.15) is 0 Å². The van der Waals surface area contributed by atoms with Gasteiger partial charge in [-0.05, 0) is 6.07 Å². The maximum Gasteiger partial charge on any atom is 0.122 e. The summed E-state index contributed by atoms with van der Waals surface area (Å²) in [6.07, 6.45) is 0.755. The number of aromatic nitrogens is 1. The number of thiazole rings is 1. The second-order valence-corrected chi connectivity index (χ2v) is 5.27. The number of nitrogens with zero attached hydrogens (tertiary/aromatic N) is 1. The minimum absolute atomic E-state index is 0.502. The molecule has 5 heteroatoms. The molecular formula is C14H18N2O2S. The highest BCUT2D eigenvalue weighted by atomic mass is 32.1. The summed E-state index contributed by atoms with van der Waals surface area (Å²) in [5, 5.41) is 1.04. The molecule has 0 aliphatic heterocycles. The zero-order valence-corrected chi connectivity index (χ0v) is 12.0. The summed E-state index contributed by atoms with van der Waals surface area (Å²) in [6, 6.07) is 7.98. The van der Waals surface area contributed by atoms with Crippen molar-refractivity contribution in [2.24, 2.45) is 5.73 Å². The molecule has 1 heterocycles. The van der Waals surface area contributed by atoms with Crippen molar-refractivity contribution in [3.63, 3.8) is 0 Å². The molecule has 19 heavy (non-hydrogen) atoms. The number of nitrogens with two attached hydrogens (primary N) is 1. The summed E-state index contributed by atoms with van der Waals surface area (Å²) in [5.74, 6) is 0.889. The third-order valence-corrected chi connectivity index (χ3v) is 3.94. The molecule has 0 fully saturated rings. The topological polar surface area (TPSA) is 57.4 Å². The Morgan fingerprint density at radius 1 is 1.26 bits per heavy atom. The monoisotopic (exact) mass is 278 g/mol. The molecule has 0 saturated heterocycles. The van der Waals surface area contributed by atoms with Gasteiger partial charge < -0.3 is 15.2 Å². The molecule has 102 valence electrons. The molecule has 0 bridgehead atoms. The normalized spacial score (nSPS) is 10.7. The maximum atomic E-state index is 5.73. The zero-order chi connectivity index (χ0) is 13.7. The van der Waals surface area contributed by atoms with Crippen LogP contribution in [0.25, 0.3) is 0 Å². The maximum absolute atomic E-state index is 5.73. The first-order valence-corrected chi connectivity index (χ1v) is 6.88. The first-order valence-electron chi connectivity index (χ1n) is 6.06. The van der Waals surface area contributed by atoms with Crippen LogP contribution in [0.2, 0.25) is 0 Å². The van der Waals surface area contributed by atoms with E-state index in [9.17, 15) is 0 Å². The van der Waals surface area contributed by atoms with Crippen LogP contribution in [0.3, 0.4) is 0 Å². The molecule has 2 rings (SSSR count). The van der Waals surface area contributed by atoms with Crippen molar-refractivity contribution in [2.45, 2.75) is 19.6 Å². The van der Waals surface area contributed by atoms with E-state index in [4.69, 9.17) is 15.2 Å². The first kappa shape index (κ1) is 14.0. The van der Waals surface area contributed by atoms with Crippen molar-refractivity contribution in [2.75, 3.05) is 14.2 Å². The van der Waals surface area contributed by atoms with Crippen molar-refractivity contribution in [3.8, 4) is 5.75 Å².